The predicted molar refractivity (Wildman–Crippen MR) is 89.1 cm³/mol. The summed E-state index contributed by atoms with van der Waals surface area (Å²) in [5, 5.41) is 0. The van der Waals surface area contributed by atoms with E-state index in [0.29, 0.717) is 30.8 Å². The molecule has 0 aromatic carbocycles. The minimum Gasteiger partial charge on any atom is -0.340 e. The highest BCUT2D eigenvalue weighted by molar-refractivity contribution is 5.76. The summed E-state index contributed by atoms with van der Waals surface area (Å²) in [7, 11) is 0. The van der Waals surface area contributed by atoms with E-state index in [2.05, 4.69) is 44.4 Å². The van der Waals surface area contributed by atoms with Gasteiger partial charge in [-0.2, -0.15) is 0 Å². The van der Waals surface area contributed by atoms with Crippen molar-refractivity contribution >= 4 is 5.91 Å². The van der Waals surface area contributed by atoms with Crippen molar-refractivity contribution in [3.8, 4) is 0 Å². The zero-order chi connectivity index (χ0) is 16.0. The van der Waals surface area contributed by atoms with Crippen LogP contribution in [0, 0.1) is 11.3 Å². The Morgan fingerprint density at radius 3 is 2.43 bits per heavy atom. The molecule has 21 heavy (non-hydrogen) atoms. The van der Waals surface area contributed by atoms with Crippen molar-refractivity contribution in [2.75, 3.05) is 32.7 Å². The molecule has 4 heteroatoms. The molecule has 1 heterocycles. The fraction of sp³-hybridized carbons (Fsp3) is 0.941. The van der Waals surface area contributed by atoms with Gasteiger partial charge >= 0.3 is 0 Å². The smallest absolute Gasteiger partial charge is 0.222 e. The molecule has 0 bridgehead atoms. The largest absolute Gasteiger partial charge is 0.340 e. The third-order valence-electron chi connectivity index (χ3n) is 4.97. The van der Waals surface area contributed by atoms with Gasteiger partial charge in [0.15, 0.2) is 0 Å². The van der Waals surface area contributed by atoms with Crippen LogP contribution in [-0.2, 0) is 4.79 Å². The number of piperazine rings is 1. The maximum absolute atomic E-state index is 12.5. The molecule has 124 valence electrons. The van der Waals surface area contributed by atoms with Crippen molar-refractivity contribution < 1.29 is 4.79 Å². The molecule has 1 saturated heterocycles. The summed E-state index contributed by atoms with van der Waals surface area (Å²) in [5.74, 6) is 0.852. The molecule has 1 fully saturated rings. The second-order valence-electron chi connectivity index (χ2n) is 7.50. The molecule has 4 nitrogen and oxygen atoms in total. The van der Waals surface area contributed by atoms with Gasteiger partial charge in [-0.3, -0.25) is 9.69 Å². The van der Waals surface area contributed by atoms with Crippen molar-refractivity contribution in [2.24, 2.45) is 17.1 Å². The van der Waals surface area contributed by atoms with Gasteiger partial charge in [0, 0.05) is 32.1 Å². The Morgan fingerprint density at radius 2 is 1.95 bits per heavy atom. The lowest BCUT2D eigenvalue weighted by Gasteiger charge is -2.39. The Bertz CT molecular complexity index is 324. The second-order valence-corrected chi connectivity index (χ2v) is 7.50. The molecule has 0 aromatic heterocycles. The minimum absolute atomic E-state index is 0.230. The Labute approximate surface area is 131 Å². The summed E-state index contributed by atoms with van der Waals surface area (Å²) in [4.78, 5) is 16.9. The highest BCUT2D eigenvalue weighted by Gasteiger charge is 2.28. The highest BCUT2D eigenvalue weighted by Crippen LogP contribution is 2.32. The topological polar surface area (TPSA) is 49.6 Å². The molecule has 1 amide bonds. The zero-order valence-corrected chi connectivity index (χ0v) is 14.7. The average molecular weight is 297 g/mol. The van der Waals surface area contributed by atoms with Crippen molar-refractivity contribution in [1.82, 2.24) is 9.80 Å². The first kappa shape index (κ1) is 18.4. The maximum atomic E-state index is 12.5. The first-order chi connectivity index (χ1) is 9.79. The lowest BCUT2D eigenvalue weighted by atomic mass is 9.76. The van der Waals surface area contributed by atoms with Crippen LogP contribution in [0.4, 0.5) is 0 Å². The number of hydrogen-bond donors (Lipinski definition) is 1. The highest BCUT2D eigenvalue weighted by atomic mass is 16.2. The van der Waals surface area contributed by atoms with Gasteiger partial charge in [-0.1, -0.05) is 27.7 Å². The van der Waals surface area contributed by atoms with Crippen LogP contribution in [0.3, 0.4) is 0 Å². The van der Waals surface area contributed by atoms with Crippen LogP contribution in [0.1, 0.15) is 53.9 Å². The van der Waals surface area contributed by atoms with Crippen LogP contribution in [0.5, 0.6) is 0 Å². The van der Waals surface area contributed by atoms with Gasteiger partial charge in [-0.05, 0) is 44.2 Å². The Hall–Kier alpha value is -0.610. The van der Waals surface area contributed by atoms with Crippen molar-refractivity contribution in [3.05, 3.63) is 0 Å². The molecule has 1 rings (SSSR count). The summed E-state index contributed by atoms with van der Waals surface area (Å²) in [5.41, 5.74) is 5.95. The molecule has 0 saturated carbocycles. The van der Waals surface area contributed by atoms with E-state index >= 15 is 0 Å². The van der Waals surface area contributed by atoms with Gasteiger partial charge in [-0.15, -0.1) is 0 Å². The molecule has 2 unspecified atom stereocenters. The number of rotatable bonds is 6. The number of hydrogen-bond acceptors (Lipinski definition) is 3. The Balaban J connectivity index is 2.46. The molecule has 0 aromatic rings. The average Bonchev–Trinajstić information content (AvgIpc) is 2.41. The van der Waals surface area contributed by atoms with Gasteiger partial charge < -0.3 is 10.6 Å². The van der Waals surface area contributed by atoms with E-state index in [0.717, 1.165) is 39.0 Å². The zero-order valence-electron chi connectivity index (χ0n) is 14.7. The van der Waals surface area contributed by atoms with Crippen LogP contribution in [0.2, 0.25) is 0 Å². The molecular formula is C17H35N3O. The molecule has 1 aliphatic rings. The summed E-state index contributed by atoms with van der Waals surface area (Å²) >= 11 is 0. The standard InChI is InChI=1S/C17H35N3O/c1-6-19-11-12-20(13-14(19)2)16(21)8-7-15(9-10-18)17(3,4)5/h14-15H,6-13,18H2,1-5H3. The van der Waals surface area contributed by atoms with E-state index in [9.17, 15) is 4.79 Å². The number of likely N-dealkylation sites (N-methyl/N-ethyl adjacent to an activating group) is 1. The minimum atomic E-state index is 0.230. The normalized spacial score (nSPS) is 22.4. The Kier molecular flexibility index (Phi) is 7.14. The third-order valence-corrected chi connectivity index (χ3v) is 4.97. The van der Waals surface area contributed by atoms with E-state index in [-0.39, 0.29) is 5.41 Å². The third kappa shape index (κ3) is 5.59. The first-order valence-electron chi connectivity index (χ1n) is 8.51. The second kappa shape index (κ2) is 8.14. The summed E-state index contributed by atoms with van der Waals surface area (Å²) in [6, 6.07) is 0.482. The van der Waals surface area contributed by atoms with Crippen LogP contribution < -0.4 is 5.73 Å². The predicted octanol–water partition coefficient (Wildman–Crippen LogP) is 2.33. The van der Waals surface area contributed by atoms with Gasteiger partial charge in [0.25, 0.3) is 0 Å². The lowest BCUT2D eigenvalue weighted by molar-refractivity contribution is -0.134. The molecule has 1 aliphatic heterocycles. The fourth-order valence-corrected chi connectivity index (χ4v) is 3.36. The Morgan fingerprint density at radius 1 is 1.29 bits per heavy atom. The van der Waals surface area contributed by atoms with Crippen LogP contribution in [0.15, 0.2) is 0 Å². The summed E-state index contributed by atoms with van der Waals surface area (Å²) in [6.07, 6.45) is 2.64. The lowest BCUT2D eigenvalue weighted by Crippen LogP contribution is -2.53. The van der Waals surface area contributed by atoms with E-state index in [1.165, 1.54) is 0 Å². The van der Waals surface area contributed by atoms with Crippen LogP contribution in [-0.4, -0.2) is 54.5 Å². The first-order valence-corrected chi connectivity index (χ1v) is 8.51. The monoisotopic (exact) mass is 297 g/mol. The number of carbonyl (C=O) groups excluding carboxylic acids is 1. The van der Waals surface area contributed by atoms with Gasteiger partial charge in [0.2, 0.25) is 5.91 Å². The van der Waals surface area contributed by atoms with E-state index in [1.54, 1.807) is 0 Å². The number of nitrogens with zero attached hydrogens (tertiary/aromatic N) is 2. The fourth-order valence-electron chi connectivity index (χ4n) is 3.36. The number of nitrogens with two attached hydrogens (primary N) is 1. The van der Waals surface area contributed by atoms with Gasteiger partial charge in [-0.25, -0.2) is 0 Å². The quantitative estimate of drug-likeness (QED) is 0.818. The van der Waals surface area contributed by atoms with Gasteiger partial charge in [0.05, 0.1) is 0 Å². The maximum Gasteiger partial charge on any atom is 0.222 e. The molecular weight excluding hydrogens is 262 g/mol. The van der Waals surface area contributed by atoms with Crippen LogP contribution in [0.25, 0.3) is 0 Å². The van der Waals surface area contributed by atoms with Gasteiger partial charge in [0.1, 0.15) is 0 Å². The number of carbonyl (C=O) groups is 1. The molecule has 0 spiro atoms. The molecule has 0 aliphatic carbocycles. The molecule has 0 radical (unpaired) electrons. The van der Waals surface area contributed by atoms with Crippen LogP contribution >= 0.6 is 0 Å². The summed E-state index contributed by atoms with van der Waals surface area (Å²) < 4.78 is 0. The van der Waals surface area contributed by atoms with Crippen molar-refractivity contribution in [1.29, 1.82) is 0 Å². The SMILES string of the molecule is CCN1CCN(C(=O)CCC(CCN)C(C)(C)C)CC1C. The van der Waals surface area contributed by atoms with E-state index in [4.69, 9.17) is 5.73 Å². The van der Waals surface area contributed by atoms with Crippen molar-refractivity contribution in [2.45, 2.75) is 59.9 Å². The molecule has 2 atom stereocenters. The summed E-state index contributed by atoms with van der Waals surface area (Å²) in [6.45, 7) is 15.7. The van der Waals surface area contributed by atoms with E-state index in [1.807, 2.05) is 0 Å². The number of amides is 1. The van der Waals surface area contributed by atoms with Crippen molar-refractivity contribution in [3.63, 3.8) is 0 Å². The molecule has 2 N–H and O–H groups in total. The van der Waals surface area contributed by atoms with E-state index < -0.39 is 0 Å².